The van der Waals surface area contributed by atoms with Crippen LogP contribution in [-0.2, 0) is 4.74 Å². The molecule has 1 N–H and O–H groups in total. The van der Waals surface area contributed by atoms with E-state index < -0.39 is 0 Å². The quantitative estimate of drug-likeness (QED) is 0.641. The highest BCUT2D eigenvalue weighted by molar-refractivity contribution is 5.22. The standard InChI is InChI=1S/C9H10O2/c10-6-8-9(11-8)7-4-2-1-3-5-7/h1-5,8-10H,6H2/t8-,9?/m0/s1. The van der Waals surface area contributed by atoms with E-state index in [2.05, 4.69) is 0 Å². The van der Waals surface area contributed by atoms with Gasteiger partial charge >= 0.3 is 0 Å². The van der Waals surface area contributed by atoms with Crippen molar-refractivity contribution in [3.8, 4) is 0 Å². The van der Waals surface area contributed by atoms with E-state index in [9.17, 15) is 0 Å². The summed E-state index contributed by atoms with van der Waals surface area (Å²) in [6.45, 7) is 0.125. The molecular formula is C9H10O2. The van der Waals surface area contributed by atoms with Crippen molar-refractivity contribution in [3.05, 3.63) is 35.9 Å². The summed E-state index contributed by atoms with van der Waals surface area (Å²) in [5.74, 6) is 0. The normalized spacial score (nSPS) is 28.5. The maximum Gasteiger partial charge on any atom is 0.112 e. The molecule has 2 atom stereocenters. The van der Waals surface area contributed by atoms with Crippen molar-refractivity contribution < 1.29 is 9.84 Å². The number of ether oxygens (including phenoxy) is 1. The molecule has 58 valence electrons. The lowest BCUT2D eigenvalue weighted by molar-refractivity contribution is 0.242. The van der Waals surface area contributed by atoms with Gasteiger partial charge in [-0.05, 0) is 5.56 Å². The zero-order valence-corrected chi connectivity index (χ0v) is 6.10. The monoisotopic (exact) mass is 150 g/mol. The maximum atomic E-state index is 8.71. The van der Waals surface area contributed by atoms with Gasteiger partial charge in [0, 0.05) is 0 Å². The lowest BCUT2D eigenvalue weighted by atomic mass is 10.1. The molecule has 1 unspecified atom stereocenters. The van der Waals surface area contributed by atoms with Gasteiger partial charge in [0.25, 0.3) is 0 Å². The molecule has 0 saturated carbocycles. The number of epoxide rings is 1. The van der Waals surface area contributed by atoms with E-state index in [0.717, 1.165) is 5.56 Å². The first-order valence-corrected chi connectivity index (χ1v) is 3.73. The first-order valence-electron chi connectivity index (χ1n) is 3.73. The van der Waals surface area contributed by atoms with Crippen molar-refractivity contribution in [2.45, 2.75) is 12.2 Å². The summed E-state index contributed by atoms with van der Waals surface area (Å²) < 4.78 is 5.20. The topological polar surface area (TPSA) is 32.8 Å². The van der Waals surface area contributed by atoms with Crippen molar-refractivity contribution in [1.29, 1.82) is 0 Å². The molecule has 1 aliphatic heterocycles. The van der Waals surface area contributed by atoms with Gasteiger partial charge in [0.1, 0.15) is 12.2 Å². The molecule has 0 amide bonds. The molecule has 0 aliphatic carbocycles. The molecule has 1 aromatic rings. The fraction of sp³-hybridized carbons (Fsp3) is 0.333. The number of aliphatic hydroxyl groups is 1. The van der Waals surface area contributed by atoms with Crippen LogP contribution in [0, 0.1) is 0 Å². The molecule has 1 heterocycles. The smallest absolute Gasteiger partial charge is 0.112 e. The van der Waals surface area contributed by atoms with Crippen LogP contribution in [-0.4, -0.2) is 17.8 Å². The Morgan fingerprint density at radius 1 is 1.27 bits per heavy atom. The van der Waals surface area contributed by atoms with E-state index in [-0.39, 0.29) is 18.8 Å². The van der Waals surface area contributed by atoms with E-state index in [1.54, 1.807) is 0 Å². The SMILES string of the molecule is OC[C@@H]1OC1c1ccccc1. The van der Waals surface area contributed by atoms with Crippen LogP contribution >= 0.6 is 0 Å². The summed E-state index contributed by atoms with van der Waals surface area (Å²) in [4.78, 5) is 0. The Labute approximate surface area is 65.4 Å². The lowest BCUT2D eigenvalue weighted by Crippen LogP contribution is -1.93. The fourth-order valence-electron chi connectivity index (χ4n) is 1.22. The van der Waals surface area contributed by atoms with Gasteiger partial charge < -0.3 is 9.84 Å². The molecule has 0 bridgehead atoms. The minimum atomic E-state index is 0.0393. The highest BCUT2D eigenvalue weighted by Crippen LogP contribution is 2.37. The molecule has 2 nitrogen and oxygen atoms in total. The van der Waals surface area contributed by atoms with Crippen molar-refractivity contribution in [2.75, 3.05) is 6.61 Å². The summed E-state index contributed by atoms with van der Waals surface area (Å²) >= 11 is 0. The van der Waals surface area contributed by atoms with Gasteiger partial charge in [-0.25, -0.2) is 0 Å². The lowest BCUT2D eigenvalue weighted by Gasteiger charge is -1.91. The molecule has 2 heteroatoms. The first kappa shape index (κ1) is 6.83. The molecule has 0 spiro atoms. The van der Waals surface area contributed by atoms with E-state index in [1.165, 1.54) is 0 Å². The average molecular weight is 150 g/mol. The molecule has 1 aromatic carbocycles. The van der Waals surface area contributed by atoms with Gasteiger partial charge in [-0.2, -0.15) is 0 Å². The minimum Gasteiger partial charge on any atom is -0.394 e. The number of aliphatic hydroxyl groups excluding tert-OH is 1. The number of benzene rings is 1. The van der Waals surface area contributed by atoms with Gasteiger partial charge in [-0.15, -0.1) is 0 Å². The van der Waals surface area contributed by atoms with E-state index in [1.807, 2.05) is 30.3 Å². The Morgan fingerprint density at radius 2 is 2.00 bits per heavy atom. The minimum absolute atomic E-state index is 0.0393. The maximum absolute atomic E-state index is 8.71. The van der Waals surface area contributed by atoms with Crippen molar-refractivity contribution in [2.24, 2.45) is 0 Å². The van der Waals surface area contributed by atoms with Crippen LogP contribution in [0.3, 0.4) is 0 Å². The van der Waals surface area contributed by atoms with Crippen LogP contribution in [0.15, 0.2) is 30.3 Å². The van der Waals surface area contributed by atoms with Crippen LogP contribution in [0.1, 0.15) is 11.7 Å². The third-order valence-electron chi connectivity index (χ3n) is 1.89. The molecule has 0 aromatic heterocycles. The zero-order chi connectivity index (χ0) is 7.68. The summed E-state index contributed by atoms with van der Waals surface area (Å²) in [5.41, 5.74) is 1.16. The molecule has 0 radical (unpaired) electrons. The van der Waals surface area contributed by atoms with Crippen LogP contribution in [0.25, 0.3) is 0 Å². The van der Waals surface area contributed by atoms with Gasteiger partial charge in [-0.1, -0.05) is 30.3 Å². The van der Waals surface area contributed by atoms with Crippen molar-refractivity contribution in [3.63, 3.8) is 0 Å². The van der Waals surface area contributed by atoms with Gasteiger partial charge in [0.05, 0.1) is 6.61 Å². The molecule has 1 saturated heterocycles. The third kappa shape index (κ3) is 1.27. The first-order chi connectivity index (χ1) is 5.42. The van der Waals surface area contributed by atoms with Gasteiger partial charge in [-0.3, -0.25) is 0 Å². The number of rotatable bonds is 2. The largest absolute Gasteiger partial charge is 0.394 e. The zero-order valence-electron chi connectivity index (χ0n) is 6.10. The van der Waals surface area contributed by atoms with E-state index >= 15 is 0 Å². The van der Waals surface area contributed by atoms with Crippen LogP contribution < -0.4 is 0 Å². The third-order valence-corrected chi connectivity index (χ3v) is 1.89. The van der Waals surface area contributed by atoms with Crippen LogP contribution in [0.2, 0.25) is 0 Å². The summed E-state index contributed by atoms with van der Waals surface area (Å²) in [7, 11) is 0. The molecule has 1 fully saturated rings. The second kappa shape index (κ2) is 2.64. The number of hydrogen-bond donors (Lipinski definition) is 1. The highest BCUT2D eigenvalue weighted by Gasteiger charge is 2.39. The molecular weight excluding hydrogens is 140 g/mol. The molecule has 2 rings (SSSR count). The van der Waals surface area contributed by atoms with Gasteiger partial charge in [0.15, 0.2) is 0 Å². The Kier molecular flexibility index (Phi) is 1.64. The second-order valence-electron chi connectivity index (χ2n) is 2.69. The average Bonchev–Trinajstić information content (AvgIpc) is 2.85. The predicted molar refractivity (Wildman–Crippen MR) is 41.1 cm³/mol. The summed E-state index contributed by atoms with van der Waals surface area (Å²) in [5, 5.41) is 8.71. The summed E-state index contributed by atoms with van der Waals surface area (Å²) in [6.07, 6.45) is 0.179. The molecule has 11 heavy (non-hydrogen) atoms. The Balaban J connectivity index is 2.09. The highest BCUT2D eigenvalue weighted by atomic mass is 16.6. The fourth-order valence-corrected chi connectivity index (χ4v) is 1.22. The molecule has 1 aliphatic rings. The second-order valence-corrected chi connectivity index (χ2v) is 2.69. The van der Waals surface area contributed by atoms with E-state index in [0.29, 0.717) is 0 Å². The van der Waals surface area contributed by atoms with E-state index in [4.69, 9.17) is 9.84 Å². The van der Waals surface area contributed by atoms with Gasteiger partial charge in [0.2, 0.25) is 0 Å². The number of hydrogen-bond acceptors (Lipinski definition) is 2. The van der Waals surface area contributed by atoms with Crippen LogP contribution in [0.4, 0.5) is 0 Å². The predicted octanol–water partition coefficient (Wildman–Crippen LogP) is 1.12. The van der Waals surface area contributed by atoms with Crippen LogP contribution in [0.5, 0.6) is 0 Å². The summed E-state index contributed by atoms with van der Waals surface area (Å²) in [6, 6.07) is 9.96. The Morgan fingerprint density at radius 3 is 2.55 bits per heavy atom. The Hall–Kier alpha value is -0.860. The Bertz CT molecular complexity index is 233. The van der Waals surface area contributed by atoms with Crippen molar-refractivity contribution >= 4 is 0 Å². The van der Waals surface area contributed by atoms with Crippen molar-refractivity contribution in [1.82, 2.24) is 0 Å².